The Hall–Kier alpha value is -1.65. The van der Waals surface area contributed by atoms with Crippen molar-refractivity contribution >= 4 is 29.9 Å². The lowest BCUT2D eigenvalue weighted by Gasteiger charge is -2.34. The van der Waals surface area contributed by atoms with Gasteiger partial charge in [0.2, 0.25) is 0 Å². The fourth-order valence-electron chi connectivity index (χ4n) is 4.34. The molecule has 7 nitrogen and oxygen atoms in total. The maximum atomic E-state index is 4.62. The molecule has 0 amide bonds. The molecule has 0 radical (unpaired) electrons. The number of guanidine groups is 1. The standard InChI is InChI=1S/C25H41N7.HI/c1-7-31-12-14-32(15-13-31)17-22-10-8-21(9-11-22)16-27-25(26-4)29(5)18-23-19-30(6)28-24(23)20(2)3;/h8-11,19-20H,7,12-18H2,1-6H3,(H,26,27);1H. The summed E-state index contributed by atoms with van der Waals surface area (Å²) in [6.45, 7) is 15.1. The largest absolute Gasteiger partial charge is 0.352 e. The van der Waals surface area contributed by atoms with Gasteiger partial charge in [-0.05, 0) is 23.6 Å². The molecule has 0 saturated carbocycles. The first-order valence-electron chi connectivity index (χ1n) is 11.9. The van der Waals surface area contributed by atoms with Crippen molar-refractivity contribution < 1.29 is 0 Å². The summed E-state index contributed by atoms with van der Waals surface area (Å²) >= 11 is 0. The normalized spacial score (nSPS) is 15.5. The van der Waals surface area contributed by atoms with Crippen molar-refractivity contribution in [3.05, 3.63) is 52.8 Å². The second-order valence-corrected chi connectivity index (χ2v) is 9.15. The minimum absolute atomic E-state index is 0. The molecule has 0 spiro atoms. The van der Waals surface area contributed by atoms with E-state index in [9.17, 15) is 0 Å². The summed E-state index contributed by atoms with van der Waals surface area (Å²) in [7, 11) is 5.90. The number of hydrogen-bond acceptors (Lipinski definition) is 4. The first-order chi connectivity index (χ1) is 15.4. The summed E-state index contributed by atoms with van der Waals surface area (Å²) in [6.07, 6.45) is 2.11. The van der Waals surface area contributed by atoms with Gasteiger partial charge in [0.05, 0.1) is 5.69 Å². The third-order valence-corrected chi connectivity index (χ3v) is 6.26. The SMILES string of the molecule is CCN1CCN(Cc2ccc(CNC(=NC)N(C)Cc3cn(C)nc3C(C)C)cc2)CC1.I. The van der Waals surface area contributed by atoms with Gasteiger partial charge in [-0.1, -0.05) is 45.0 Å². The van der Waals surface area contributed by atoms with E-state index >= 15 is 0 Å². The number of hydrogen-bond donors (Lipinski definition) is 1. The van der Waals surface area contributed by atoms with Gasteiger partial charge in [-0.3, -0.25) is 14.6 Å². The summed E-state index contributed by atoms with van der Waals surface area (Å²) in [5.41, 5.74) is 5.06. The molecule has 184 valence electrons. The molecule has 0 aliphatic carbocycles. The zero-order chi connectivity index (χ0) is 23.1. The van der Waals surface area contributed by atoms with Crippen molar-refractivity contribution in [3.8, 4) is 0 Å². The number of likely N-dealkylation sites (N-methyl/N-ethyl adjacent to an activating group) is 1. The van der Waals surface area contributed by atoms with Crippen molar-refractivity contribution in [2.24, 2.45) is 12.0 Å². The highest BCUT2D eigenvalue weighted by molar-refractivity contribution is 14.0. The molecule has 8 heteroatoms. The number of nitrogens with zero attached hydrogens (tertiary/aromatic N) is 6. The summed E-state index contributed by atoms with van der Waals surface area (Å²) in [6, 6.07) is 8.99. The van der Waals surface area contributed by atoms with E-state index in [1.165, 1.54) is 29.8 Å². The van der Waals surface area contributed by atoms with Gasteiger partial charge in [-0.2, -0.15) is 5.10 Å². The molecule has 1 saturated heterocycles. The molecule has 1 aliphatic rings. The molecule has 3 rings (SSSR count). The maximum absolute atomic E-state index is 4.62. The van der Waals surface area contributed by atoms with Gasteiger partial charge in [-0.25, -0.2) is 0 Å². The van der Waals surface area contributed by atoms with Gasteiger partial charge in [0.25, 0.3) is 0 Å². The van der Waals surface area contributed by atoms with E-state index in [1.807, 2.05) is 18.8 Å². The van der Waals surface area contributed by atoms with Gasteiger partial charge < -0.3 is 15.1 Å². The fourth-order valence-corrected chi connectivity index (χ4v) is 4.34. The zero-order valence-corrected chi connectivity index (χ0v) is 23.5. The van der Waals surface area contributed by atoms with Crippen molar-refractivity contribution in [2.45, 2.75) is 46.3 Å². The van der Waals surface area contributed by atoms with Crippen LogP contribution >= 0.6 is 24.0 Å². The molecular formula is C25H42IN7. The van der Waals surface area contributed by atoms with E-state index in [-0.39, 0.29) is 24.0 Å². The summed E-state index contributed by atoms with van der Waals surface area (Å²) in [5.74, 6) is 1.30. The van der Waals surface area contributed by atoms with Crippen LogP contribution in [-0.2, 0) is 26.7 Å². The summed E-state index contributed by atoms with van der Waals surface area (Å²) in [4.78, 5) is 11.7. The lowest BCUT2D eigenvalue weighted by atomic mass is 10.1. The number of nitrogens with one attached hydrogen (secondary N) is 1. The highest BCUT2D eigenvalue weighted by Gasteiger charge is 2.16. The first-order valence-corrected chi connectivity index (χ1v) is 11.9. The van der Waals surface area contributed by atoms with Gasteiger partial charge in [0.15, 0.2) is 5.96 Å². The summed E-state index contributed by atoms with van der Waals surface area (Å²) in [5, 5.41) is 8.13. The number of benzene rings is 1. The Balaban J connectivity index is 0.00000385. The number of piperazine rings is 1. The fraction of sp³-hybridized carbons (Fsp3) is 0.600. The lowest BCUT2D eigenvalue weighted by molar-refractivity contribution is 0.132. The smallest absolute Gasteiger partial charge is 0.193 e. The Labute approximate surface area is 217 Å². The van der Waals surface area contributed by atoms with E-state index in [0.29, 0.717) is 5.92 Å². The monoisotopic (exact) mass is 567 g/mol. The van der Waals surface area contributed by atoms with Crippen LogP contribution in [0.25, 0.3) is 0 Å². The molecule has 1 fully saturated rings. The minimum Gasteiger partial charge on any atom is -0.352 e. The van der Waals surface area contributed by atoms with Gasteiger partial charge in [-0.15, -0.1) is 24.0 Å². The van der Waals surface area contributed by atoms with Crippen LogP contribution in [0.1, 0.15) is 49.1 Å². The molecule has 0 bridgehead atoms. The molecule has 2 aromatic rings. The predicted octanol–water partition coefficient (Wildman–Crippen LogP) is 3.51. The quantitative estimate of drug-likeness (QED) is 0.301. The molecule has 1 aromatic carbocycles. The molecule has 1 aromatic heterocycles. The van der Waals surface area contributed by atoms with Gasteiger partial charge >= 0.3 is 0 Å². The van der Waals surface area contributed by atoms with Crippen LogP contribution in [0.4, 0.5) is 0 Å². The zero-order valence-electron chi connectivity index (χ0n) is 21.2. The predicted molar refractivity (Wildman–Crippen MR) is 148 cm³/mol. The number of halogens is 1. The number of aliphatic imine (C=N–C) groups is 1. The number of aromatic nitrogens is 2. The molecule has 2 heterocycles. The van der Waals surface area contributed by atoms with Gasteiger partial charge in [0, 0.05) is 78.7 Å². The Kier molecular flexibility index (Phi) is 11.1. The Morgan fingerprint density at radius 1 is 1.09 bits per heavy atom. The summed E-state index contributed by atoms with van der Waals surface area (Å²) < 4.78 is 1.90. The first kappa shape index (κ1) is 27.6. The molecular weight excluding hydrogens is 525 g/mol. The molecule has 0 atom stereocenters. The van der Waals surface area contributed by atoms with Crippen LogP contribution in [0.15, 0.2) is 35.5 Å². The van der Waals surface area contributed by atoms with Gasteiger partial charge in [0.1, 0.15) is 0 Å². The third-order valence-electron chi connectivity index (χ3n) is 6.26. The van der Waals surface area contributed by atoms with Crippen LogP contribution in [0.3, 0.4) is 0 Å². The topological polar surface area (TPSA) is 51.9 Å². The second-order valence-electron chi connectivity index (χ2n) is 9.15. The number of rotatable bonds is 8. The molecule has 1 aliphatic heterocycles. The molecule has 1 N–H and O–H groups in total. The average Bonchev–Trinajstić information content (AvgIpc) is 3.16. The Bertz CT molecular complexity index is 867. The van der Waals surface area contributed by atoms with Crippen LogP contribution in [0, 0.1) is 0 Å². The highest BCUT2D eigenvalue weighted by atomic mass is 127. The van der Waals surface area contributed by atoms with E-state index in [2.05, 4.69) is 88.4 Å². The van der Waals surface area contributed by atoms with Crippen LogP contribution in [0.5, 0.6) is 0 Å². The molecule has 33 heavy (non-hydrogen) atoms. The molecule has 0 unspecified atom stereocenters. The maximum Gasteiger partial charge on any atom is 0.193 e. The van der Waals surface area contributed by atoms with Crippen LogP contribution in [-0.4, -0.2) is 77.3 Å². The Morgan fingerprint density at radius 2 is 1.70 bits per heavy atom. The Morgan fingerprint density at radius 3 is 2.27 bits per heavy atom. The van der Waals surface area contributed by atoms with E-state index in [4.69, 9.17) is 0 Å². The van der Waals surface area contributed by atoms with Crippen LogP contribution < -0.4 is 5.32 Å². The minimum atomic E-state index is 0. The third kappa shape index (κ3) is 7.96. The van der Waals surface area contributed by atoms with E-state index < -0.39 is 0 Å². The van der Waals surface area contributed by atoms with Crippen LogP contribution in [0.2, 0.25) is 0 Å². The van der Waals surface area contributed by atoms with E-state index in [0.717, 1.165) is 50.9 Å². The lowest BCUT2D eigenvalue weighted by Crippen LogP contribution is -2.45. The average molecular weight is 568 g/mol. The second kappa shape index (κ2) is 13.3. The van der Waals surface area contributed by atoms with Crippen molar-refractivity contribution in [1.29, 1.82) is 0 Å². The number of aryl methyl sites for hydroxylation is 1. The van der Waals surface area contributed by atoms with Crippen molar-refractivity contribution in [2.75, 3.05) is 46.8 Å². The van der Waals surface area contributed by atoms with Crippen molar-refractivity contribution in [1.82, 2.24) is 29.8 Å². The van der Waals surface area contributed by atoms with E-state index in [1.54, 1.807) is 0 Å². The van der Waals surface area contributed by atoms with Crippen molar-refractivity contribution in [3.63, 3.8) is 0 Å². The highest BCUT2D eigenvalue weighted by Crippen LogP contribution is 2.18.